The van der Waals surface area contributed by atoms with Crippen molar-refractivity contribution in [3.05, 3.63) is 29.1 Å². The van der Waals surface area contributed by atoms with Crippen molar-refractivity contribution in [3.63, 3.8) is 0 Å². The summed E-state index contributed by atoms with van der Waals surface area (Å²) < 4.78 is 19.2. The molecule has 1 aromatic rings. The van der Waals surface area contributed by atoms with Gasteiger partial charge in [-0.15, -0.1) is 0 Å². The first kappa shape index (κ1) is 14.8. The summed E-state index contributed by atoms with van der Waals surface area (Å²) in [6.45, 7) is 5.89. The Kier molecular flexibility index (Phi) is 4.45. The number of ether oxygens (including phenoxy) is 1. The number of nitrogen functional groups attached to an aromatic ring is 1. The van der Waals surface area contributed by atoms with E-state index in [9.17, 15) is 4.39 Å². The first-order valence-corrected chi connectivity index (χ1v) is 8.02. The molecule has 3 rings (SSSR count). The monoisotopic (exact) mass is 292 g/mol. The summed E-state index contributed by atoms with van der Waals surface area (Å²) in [7, 11) is 0. The van der Waals surface area contributed by atoms with E-state index in [-0.39, 0.29) is 11.5 Å². The van der Waals surface area contributed by atoms with Gasteiger partial charge >= 0.3 is 0 Å². The smallest absolute Gasteiger partial charge is 0.146 e. The maximum Gasteiger partial charge on any atom is 0.146 e. The summed E-state index contributed by atoms with van der Waals surface area (Å²) >= 11 is 0. The molecule has 0 radical (unpaired) electrons. The maximum absolute atomic E-state index is 13.7. The Balaban J connectivity index is 1.64. The minimum Gasteiger partial charge on any atom is -0.396 e. The highest BCUT2D eigenvalue weighted by atomic mass is 19.1. The summed E-state index contributed by atoms with van der Waals surface area (Å²) in [5, 5.41) is 0. The molecule has 1 saturated heterocycles. The van der Waals surface area contributed by atoms with Gasteiger partial charge in [0.05, 0.1) is 18.9 Å². The molecule has 2 aliphatic rings. The van der Waals surface area contributed by atoms with E-state index in [4.69, 9.17) is 10.5 Å². The van der Waals surface area contributed by atoms with Gasteiger partial charge in [0.15, 0.2) is 0 Å². The van der Waals surface area contributed by atoms with E-state index in [1.807, 2.05) is 6.92 Å². The van der Waals surface area contributed by atoms with Crippen LogP contribution in [0, 0.1) is 12.7 Å². The van der Waals surface area contributed by atoms with Gasteiger partial charge in [-0.3, -0.25) is 4.90 Å². The molecule has 0 aromatic heterocycles. The first-order valence-electron chi connectivity index (χ1n) is 8.02. The second kappa shape index (κ2) is 6.32. The van der Waals surface area contributed by atoms with Crippen molar-refractivity contribution in [2.75, 3.05) is 32.0 Å². The van der Waals surface area contributed by atoms with Gasteiger partial charge in [-0.25, -0.2) is 4.39 Å². The lowest BCUT2D eigenvalue weighted by molar-refractivity contribution is 0.00728. The van der Waals surface area contributed by atoms with Crippen LogP contribution in [0.15, 0.2) is 12.1 Å². The van der Waals surface area contributed by atoms with E-state index in [0.29, 0.717) is 12.0 Å². The zero-order chi connectivity index (χ0) is 14.8. The number of nitrogens with zero attached hydrogens (tertiary/aromatic N) is 1. The molecule has 1 heterocycles. The van der Waals surface area contributed by atoms with Crippen LogP contribution in [0.2, 0.25) is 0 Å². The lowest BCUT2D eigenvalue weighted by atomic mass is 9.79. The molecule has 21 heavy (non-hydrogen) atoms. The summed E-state index contributed by atoms with van der Waals surface area (Å²) in [5.74, 6) is 0.211. The Labute approximate surface area is 126 Å². The molecule has 1 aliphatic heterocycles. The molecular formula is C17H25FN2O. The van der Waals surface area contributed by atoms with E-state index in [2.05, 4.69) is 4.90 Å². The minimum absolute atomic E-state index is 0.262. The van der Waals surface area contributed by atoms with E-state index in [0.717, 1.165) is 50.3 Å². The quantitative estimate of drug-likeness (QED) is 0.851. The molecule has 1 aliphatic carbocycles. The number of hydrogen-bond acceptors (Lipinski definition) is 3. The summed E-state index contributed by atoms with van der Waals surface area (Å²) in [6, 6.07) is 4.12. The third-order valence-electron chi connectivity index (χ3n) is 5.08. The lowest BCUT2D eigenvalue weighted by Gasteiger charge is -2.39. The molecule has 0 amide bonds. The molecule has 2 N–H and O–H groups in total. The minimum atomic E-state index is -0.272. The molecule has 0 bridgehead atoms. The fourth-order valence-electron chi connectivity index (χ4n) is 3.85. The third-order valence-corrected chi connectivity index (χ3v) is 5.08. The van der Waals surface area contributed by atoms with Crippen molar-refractivity contribution >= 4 is 5.69 Å². The Bertz CT molecular complexity index is 492. The van der Waals surface area contributed by atoms with Gasteiger partial charge in [0, 0.05) is 19.1 Å². The number of morpholine rings is 1. The lowest BCUT2D eigenvalue weighted by Crippen LogP contribution is -2.44. The largest absolute Gasteiger partial charge is 0.396 e. The topological polar surface area (TPSA) is 38.5 Å². The summed E-state index contributed by atoms with van der Waals surface area (Å²) in [4.78, 5) is 2.57. The number of aryl methyl sites for hydroxylation is 1. The van der Waals surface area contributed by atoms with Crippen molar-refractivity contribution in [1.29, 1.82) is 0 Å². The average Bonchev–Trinajstić information content (AvgIpc) is 2.52. The van der Waals surface area contributed by atoms with E-state index >= 15 is 0 Å². The molecule has 0 atom stereocenters. The Morgan fingerprint density at radius 3 is 2.48 bits per heavy atom. The molecule has 2 fully saturated rings. The van der Waals surface area contributed by atoms with Gasteiger partial charge in [-0.05, 0) is 61.8 Å². The predicted molar refractivity (Wildman–Crippen MR) is 82.9 cm³/mol. The summed E-state index contributed by atoms with van der Waals surface area (Å²) in [6.07, 6.45) is 4.70. The fraction of sp³-hybridized carbons (Fsp3) is 0.647. The van der Waals surface area contributed by atoms with Gasteiger partial charge in [0.1, 0.15) is 5.82 Å². The molecular weight excluding hydrogens is 267 g/mol. The maximum atomic E-state index is 13.7. The van der Waals surface area contributed by atoms with Crippen LogP contribution in [0.1, 0.15) is 42.7 Å². The van der Waals surface area contributed by atoms with Gasteiger partial charge in [-0.1, -0.05) is 0 Å². The number of benzene rings is 1. The highest BCUT2D eigenvalue weighted by molar-refractivity contribution is 5.47. The number of halogens is 1. The van der Waals surface area contributed by atoms with Crippen molar-refractivity contribution in [2.45, 2.75) is 44.6 Å². The van der Waals surface area contributed by atoms with Crippen LogP contribution in [0.3, 0.4) is 0 Å². The van der Waals surface area contributed by atoms with Crippen molar-refractivity contribution < 1.29 is 9.13 Å². The van der Waals surface area contributed by atoms with E-state index < -0.39 is 0 Å². The van der Waals surface area contributed by atoms with Crippen molar-refractivity contribution in [3.8, 4) is 0 Å². The average molecular weight is 292 g/mol. The third kappa shape index (κ3) is 3.22. The molecule has 1 saturated carbocycles. The van der Waals surface area contributed by atoms with Gasteiger partial charge in [0.25, 0.3) is 0 Å². The van der Waals surface area contributed by atoms with Gasteiger partial charge < -0.3 is 10.5 Å². The highest BCUT2D eigenvalue weighted by Gasteiger charge is 2.28. The predicted octanol–water partition coefficient (Wildman–Crippen LogP) is 3.07. The van der Waals surface area contributed by atoms with E-state index in [1.165, 1.54) is 12.8 Å². The zero-order valence-electron chi connectivity index (χ0n) is 12.8. The first-order chi connectivity index (χ1) is 10.1. The molecule has 116 valence electrons. The molecule has 1 aromatic carbocycles. The SMILES string of the molecule is Cc1cc(N)c(F)cc1[C@H]1CC[C@@H](N2CCOCC2)CC1. The van der Waals surface area contributed by atoms with Crippen LogP contribution in [-0.2, 0) is 4.74 Å². The normalized spacial score (nSPS) is 27.7. The Morgan fingerprint density at radius 1 is 1.14 bits per heavy atom. The molecule has 4 heteroatoms. The zero-order valence-corrected chi connectivity index (χ0v) is 12.8. The standard InChI is InChI=1S/C17H25FN2O/c1-12-10-17(19)16(18)11-15(12)13-2-4-14(5-3-13)20-6-8-21-9-7-20/h10-11,13-14H,2-9,19H2,1H3/t13-,14+. The highest BCUT2D eigenvalue weighted by Crippen LogP contribution is 2.37. The number of hydrogen-bond donors (Lipinski definition) is 1. The van der Waals surface area contributed by atoms with E-state index in [1.54, 1.807) is 12.1 Å². The molecule has 0 unspecified atom stereocenters. The Hall–Kier alpha value is -1.13. The second-order valence-electron chi connectivity index (χ2n) is 6.38. The number of anilines is 1. The number of rotatable bonds is 2. The second-order valence-corrected chi connectivity index (χ2v) is 6.38. The van der Waals surface area contributed by atoms with Crippen molar-refractivity contribution in [1.82, 2.24) is 4.90 Å². The fourth-order valence-corrected chi connectivity index (χ4v) is 3.85. The van der Waals surface area contributed by atoms with Crippen LogP contribution in [0.4, 0.5) is 10.1 Å². The van der Waals surface area contributed by atoms with Crippen LogP contribution in [0.5, 0.6) is 0 Å². The molecule has 0 spiro atoms. The molecule has 3 nitrogen and oxygen atoms in total. The van der Waals surface area contributed by atoms with Gasteiger partial charge in [0.2, 0.25) is 0 Å². The van der Waals surface area contributed by atoms with Crippen LogP contribution in [0.25, 0.3) is 0 Å². The van der Waals surface area contributed by atoms with Crippen LogP contribution >= 0.6 is 0 Å². The van der Waals surface area contributed by atoms with Gasteiger partial charge in [-0.2, -0.15) is 0 Å². The van der Waals surface area contributed by atoms with Crippen LogP contribution < -0.4 is 5.73 Å². The summed E-state index contributed by atoms with van der Waals surface area (Å²) in [5.41, 5.74) is 8.19. The Morgan fingerprint density at radius 2 is 1.81 bits per heavy atom. The van der Waals surface area contributed by atoms with Crippen molar-refractivity contribution in [2.24, 2.45) is 0 Å². The van der Waals surface area contributed by atoms with Crippen LogP contribution in [-0.4, -0.2) is 37.2 Å². The number of nitrogens with two attached hydrogens (primary N) is 1.